The van der Waals surface area contributed by atoms with E-state index in [0.29, 0.717) is 11.3 Å². The molecule has 0 spiro atoms. The molecule has 0 saturated heterocycles. The number of anilines is 1. The van der Waals surface area contributed by atoms with Crippen molar-refractivity contribution in [3.63, 3.8) is 0 Å². The first-order chi connectivity index (χ1) is 17.4. The molecule has 8 nitrogen and oxygen atoms in total. The monoisotopic (exact) mass is 486 g/mol. The molecule has 8 heteroatoms. The standard InChI is InChI=1S/C28H26N2O6/c31-25(10-5-11-27(33)34)18-12-14-19(15-13-18)30-29-16-26(32)28(35)36-17-24-22-8-3-1-6-20(22)21-7-2-4-9-23(21)24/h1-4,6-9,12-15,24,29-30H,5,10-11,16-17H2,(H,33,34). The van der Waals surface area contributed by atoms with Crippen molar-refractivity contribution in [3.8, 4) is 11.1 Å². The molecular weight excluding hydrogens is 460 g/mol. The van der Waals surface area contributed by atoms with E-state index >= 15 is 0 Å². The summed E-state index contributed by atoms with van der Waals surface area (Å²) in [5, 5.41) is 8.66. The van der Waals surface area contributed by atoms with Gasteiger partial charge >= 0.3 is 11.9 Å². The summed E-state index contributed by atoms with van der Waals surface area (Å²) in [5.41, 5.74) is 10.9. The number of ketones is 2. The number of hydrogen-bond donors (Lipinski definition) is 3. The fourth-order valence-corrected chi connectivity index (χ4v) is 4.26. The van der Waals surface area contributed by atoms with Crippen LogP contribution in [0.15, 0.2) is 72.8 Å². The lowest BCUT2D eigenvalue weighted by molar-refractivity contribution is -0.153. The third-order valence-electron chi connectivity index (χ3n) is 6.05. The molecule has 0 aliphatic heterocycles. The quantitative estimate of drug-likeness (QED) is 0.152. The van der Waals surface area contributed by atoms with Crippen molar-refractivity contribution in [2.24, 2.45) is 0 Å². The fraction of sp³-hybridized carbons (Fsp3) is 0.214. The van der Waals surface area contributed by atoms with Crippen molar-refractivity contribution in [3.05, 3.63) is 89.5 Å². The summed E-state index contributed by atoms with van der Waals surface area (Å²) in [5.74, 6) is -2.81. The molecule has 1 aliphatic carbocycles. The molecule has 184 valence electrons. The molecule has 1 aliphatic rings. The molecule has 3 N–H and O–H groups in total. The van der Waals surface area contributed by atoms with E-state index in [4.69, 9.17) is 9.84 Å². The van der Waals surface area contributed by atoms with Gasteiger partial charge in [0.05, 0.1) is 6.54 Å². The van der Waals surface area contributed by atoms with Gasteiger partial charge in [0.15, 0.2) is 5.78 Å². The zero-order valence-corrected chi connectivity index (χ0v) is 19.5. The number of hydrogen-bond acceptors (Lipinski definition) is 7. The highest BCUT2D eigenvalue weighted by Crippen LogP contribution is 2.44. The molecule has 0 fully saturated rings. The Bertz CT molecular complexity index is 1240. The molecule has 3 aromatic rings. The summed E-state index contributed by atoms with van der Waals surface area (Å²) in [7, 11) is 0. The first-order valence-corrected chi connectivity index (χ1v) is 11.7. The fourth-order valence-electron chi connectivity index (χ4n) is 4.26. The normalized spacial score (nSPS) is 11.9. The maximum atomic E-state index is 12.3. The smallest absolute Gasteiger partial charge is 0.376 e. The van der Waals surface area contributed by atoms with Crippen LogP contribution in [-0.4, -0.2) is 41.8 Å². The van der Waals surface area contributed by atoms with Crippen LogP contribution >= 0.6 is 0 Å². The van der Waals surface area contributed by atoms with E-state index in [1.165, 1.54) is 0 Å². The van der Waals surface area contributed by atoms with Crippen LogP contribution in [0.1, 0.15) is 46.7 Å². The average molecular weight is 487 g/mol. The van der Waals surface area contributed by atoms with Crippen molar-refractivity contribution in [2.45, 2.75) is 25.2 Å². The van der Waals surface area contributed by atoms with Crippen LogP contribution in [-0.2, 0) is 19.1 Å². The van der Waals surface area contributed by atoms with E-state index in [2.05, 4.69) is 10.9 Å². The number of ether oxygens (including phenoxy) is 1. The molecule has 0 atom stereocenters. The minimum atomic E-state index is -0.930. The predicted octanol–water partition coefficient (Wildman–Crippen LogP) is 3.97. The molecule has 0 radical (unpaired) electrons. The topological polar surface area (TPSA) is 122 Å². The zero-order chi connectivity index (χ0) is 25.5. The Morgan fingerprint density at radius 2 is 1.42 bits per heavy atom. The van der Waals surface area contributed by atoms with Gasteiger partial charge in [0, 0.05) is 30.0 Å². The highest BCUT2D eigenvalue weighted by atomic mass is 16.5. The molecule has 0 saturated carbocycles. The van der Waals surface area contributed by atoms with Crippen molar-refractivity contribution < 1.29 is 29.0 Å². The van der Waals surface area contributed by atoms with Gasteiger partial charge in [-0.15, -0.1) is 0 Å². The number of esters is 1. The molecule has 0 aromatic heterocycles. The van der Waals surface area contributed by atoms with E-state index < -0.39 is 17.7 Å². The summed E-state index contributed by atoms with van der Waals surface area (Å²) < 4.78 is 5.36. The Labute approximate surface area is 208 Å². The molecule has 0 unspecified atom stereocenters. The number of benzene rings is 3. The van der Waals surface area contributed by atoms with E-state index in [1.54, 1.807) is 24.3 Å². The second-order valence-electron chi connectivity index (χ2n) is 8.48. The SMILES string of the molecule is O=C(O)CCCC(=O)c1ccc(NNCC(=O)C(=O)OCC2c3ccccc3-c3ccccc32)cc1. The molecule has 4 rings (SSSR count). The minimum absolute atomic E-state index is 0.0486. The number of fused-ring (bicyclic) bond motifs is 3. The van der Waals surface area contributed by atoms with E-state index in [1.807, 2.05) is 48.5 Å². The Morgan fingerprint density at radius 1 is 0.806 bits per heavy atom. The summed E-state index contributed by atoms with van der Waals surface area (Å²) >= 11 is 0. The third kappa shape index (κ3) is 5.84. The molecular formula is C28H26N2O6. The van der Waals surface area contributed by atoms with Gasteiger partial charge in [-0.2, -0.15) is 0 Å². The van der Waals surface area contributed by atoms with Gasteiger partial charge in [0.1, 0.15) is 6.61 Å². The first kappa shape index (κ1) is 24.8. The predicted molar refractivity (Wildman–Crippen MR) is 134 cm³/mol. The van der Waals surface area contributed by atoms with Crippen LogP contribution in [0, 0.1) is 0 Å². The summed E-state index contributed by atoms with van der Waals surface area (Å²) in [6.07, 6.45) is 0.396. The van der Waals surface area contributed by atoms with Crippen LogP contribution in [0.3, 0.4) is 0 Å². The minimum Gasteiger partial charge on any atom is -0.481 e. The van der Waals surface area contributed by atoms with Gasteiger partial charge in [0.2, 0.25) is 0 Å². The lowest BCUT2D eigenvalue weighted by Crippen LogP contribution is -2.34. The molecule has 36 heavy (non-hydrogen) atoms. The van der Waals surface area contributed by atoms with Crippen LogP contribution in [0.4, 0.5) is 5.69 Å². The largest absolute Gasteiger partial charge is 0.481 e. The number of hydrazine groups is 1. The van der Waals surface area contributed by atoms with Crippen LogP contribution in [0.5, 0.6) is 0 Å². The van der Waals surface area contributed by atoms with Crippen molar-refractivity contribution in [2.75, 3.05) is 18.6 Å². The Kier molecular flexibility index (Phi) is 7.87. The summed E-state index contributed by atoms with van der Waals surface area (Å²) in [6, 6.07) is 22.5. The lowest BCUT2D eigenvalue weighted by Gasteiger charge is -2.14. The number of rotatable bonds is 12. The molecule has 0 heterocycles. The Hall–Kier alpha value is -4.30. The zero-order valence-electron chi connectivity index (χ0n) is 19.5. The van der Waals surface area contributed by atoms with Gasteiger partial charge in [-0.05, 0) is 52.9 Å². The second kappa shape index (κ2) is 11.4. The number of carbonyl (C=O) groups excluding carboxylic acids is 3. The first-order valence-electron chi connectivity index (χ1n) is 11.7. The van der Waals surface area contributed by atoms with Gasteiger partial charge in [0.25, 0.3) is 5.78 Å². The summed E-state index contributed by atoms with van der Waals surface area (Å²) in [6.45, 7) is -0.194. The van der Waals surface area contributed by atoms with E-state index in [0.717, 1.165) is 22.3 Å². The van der Waals surface area contributed by atoms with Gasteiger partial charge < -0.3 is 15.3 Å². The van der Waals surface area contributed by atoms with E-state index in [-0.39, 0.29) is 44.1 Å². The van der Waals surface area contributed by atoms with Crippen LogP contribution in [0.25, 0.3) is 11.1 Å². The number of carboxylic acids is 1. The third-order valence-corrected chi connectivity index (χ3v) is 6.05. The van der Waals surface area contributed by atoms with Gasteiger partial charge in [-0.3, -0.25) is 14.4 Å². The Balaban J connectivity index is 1.23. The molecule has 0 amide bonds. The number of carbonyl (C=O) groups is 4. The Morgan fingerprint density at radius 3 is 2.03 bits per heavy atom. The molecule has 3 aromatic carbocycles. The number of aliphatic carboxylic acids is 1. The lowest BCUT2D eigenvalue weighted by atomic mass is 9.98. The van der Waals surface area contributed by atoms with Crippen molar-refractivity contribution >= 4 is 29.2 Å². The number of Topliss-reactive ketones (excluding diaryl/α,β-unsaturated/α-hetero) is 2. The maximum absolute atomic E-state index is 12.3. The van der Waals surface area contributed by atoms with E-state index in [9.17, 15) is 19.2 Å². The highest BCUT2D eigenvalue weighted by Gasteiger charge is 2.29. The highest BCUT2D eigenvalue weighted by molar-refractivity contribution is 6.34. The second-order valence-corrected chi connectivity index (χ2v) is 8.48. The average Bonchev–Trinajstić information content (AvgIpc) is 3.21. The summed E-state index contributed by atoms with van der Waals surface area (Å²) in [4.78, 5) is 47.2. The van der Waals surface area contributed by atoms with Gasteiger partial charge in [-0.1, -0.05) is 48.5 Å². The van der Waals surface area contributed by atoms with Crippen molar-refractivity contribution in [1.82, 2.24) is 5.43 Å². The number of carboxylic acid groups (broad SMARTS) is 1. The maximum Gasteiger partial charge on any atom is 0.376 e. The van der Waals surface area contributed by atoms with Gasteiger partial charge in [-0.25, -0.2) is 10.2 Å². The number of nitrogens with one attached hydrogen (secondary N) is 2. The van der Waals surface area contributed by atoms with Crippen molar-refractivity contribution in [1.29, 1.82) is 0 Å². The molecule has 0 bridgehead atoms. The van der Waals surface area contributed by atoms with Crippen LogP contribution < -0.4 is 10.9 Å². The van der Waals surface area contributed by atoms with Crippen LogP contribution in [0.2, 0.25) is 0 Å².